The highest BCUT2D eigenvalue weighted by atomic mass is 16.5. The van der Waals surface area contributed by atoms with E-state index in [1.165, 1.54) is 4.80 Å². The van der Waals surface area contributed by atoms with Crippen LogP contribution in [0.1, 0.15) is 43.9 Å². The van der Waals surface area contributed by atoms with Crippen molar-refractivity contribution >= 4 is 11.8 Å². The van der Waals surface area contributed by atoms with E-state index < -0.39 is 11.6 Å². The van der Waals surface area contributed by atoms with Crippen molar-refractivity contribution in [1.29, 1.82) is 0 Å². The predicted molar refractivity (Wildman–Crippen MR) is 141 cm³/mol. The number of furan rings is 1. The minimum Gasteiger partial charge on any atom is -0.464 e. The minimum absolute atomic E-state index is 0.166. The molecule has 1 aromatic carbocycles. The second-order valence-electron chi connectivity index (χ2n) is 10.6. The molecule has 11 heteroatoms. The zero-order valence-corrected chi connectivity index (χ0v) is 22.8. The van der Waals surface area contributed by atoms with Gasteiger partial charge in [-0.15, -0.1) is 10.2 Å². The molecule has 1 N–H and O–H groups in total. The summed E-state index contributed by atoms with van der Waals surface area (Å²) in [4.78, 5) is 32.4. The van der Waals surface area contributed by atoms with Crippen LogP contribution in [0.3, 0.4) is 0 Å². The summed E-state index contributed by atoms with van der Waals surface area (Å²) in [6.07, 6.45) is 0. The Morgan fingerprint density at radius 2 is 1.79 bits per heavy atom. The summed E-state index contributed by atoms with van der Waals surface area (Å²) in [5.41, 5.74) is 1.44. The number of hydrogen-bond acceptors (Lipinski definition) is 8. The molecule has 38 heavy (non-hydrogen) atoms. The molecule has 1 saturated heterocycles. The number of rotatable bonds is 9. The lowest BCUT2D eigenvalue weighted by Crippen LogP contribution is -2.52. The summed E-state index contributed by atoms with van der Waals surface area (Å²) < 4.78 is 11.4. The first-order chi connectivity index (χ1) is 18.1. The third-order valence-corrected chi connectivity index (χ3v) is 6.21. The molecule has 4 rings (SSSR count). The Bertz CT molecular complexity index is 1220. The van der Waals surface area contributed by atoms with Gasteiger partial charge >= 0.3 is 0 Å². The van der Waals surface area contributed by atoms with E-state index in [4.69, 9.17) is 9.15 Å². The van der Waals surface area contributed by atoms with Crippen molar-refractivity contribution < 1.29 is 18.7 Å². The minimum atomic E-state index is -0.948. The topological polar surface area (TPSA) is 119 Å². The molecular formula is C27H37N7O4. The predicted octanol–water partition coefficient (Wildman–Crippen LogP) is 2.37. The van der Waals surface area contributed by atoms with Crippen molar-refractivity contribution in [3.63, 3.8) is 0 Å². The Kier molecular flexibility index (Phi) is 8.58. The van der Waals surface area contributed by atoms with Gasteiger partial charge in [0.15, 0.2) is 6.04 Å². The van der Waals surface area contributed by atoms with E-state index in [2.05, 4.69) is 25.6 Å². The van der Waals surface area contributed by atoms with Gasteiger partial charge in [-0.2, -0.15) is 4.80 Å². The molecule has 0 saturated carbocycles. The number of ether oxygens (including phenoxy) is 1. The van der Waals surface area contributed by atoms with Crippen LogP contribution in [0.15, 0.2) is 40.8 Å². The monoisotopic (exact) mass is 523 g/mol. The number of amides is 2. The first kappa shape index (κ1) is 27.5. The number of aryl methyl sites for hydroxylation is 2. The molecule has 1 fully saturated rings. The SMILES string of the molecule is Cc1ccc(-c2nnn(CC(=O)N(CCN3CCOCC3)[C@@H](C(=O)NC(C)(C)C)c3ccc(C)o3)n2)cc1. The molecular weight excluding hydrogens is 486 g/mol. The van der Waals surface area contributed by atoms with Crippen molar-refractivity contribution in [3.8, 4) is 11.4 Å². The molecule has 0 bridgehead atoms. The van der Waals surface area contributed by atoms with Crippen LogP contribution in [0.5, 0.6) is 0 Å². The second-order valence-corrected chi connectivity index (χ2v) is 10.6. The fraction of sp³-hybridized carbons (Fsp3) is 0.519. The maximum Gasteiger partial charge on any atom is 0.251 e. The van der Waals surface area contributed by atoms with Crippen molar-refractivity contribution in [2.24, 2.45) is 0 Å². The summed E-state index contributed by atoms with van der Waals surface area (Å²) in [6.45, 7) is 13.1. The smallest absolute Gasteiger partial charge is 0.251 e. The van der Waals surface area contributed by atoms with Gasteiger partial charge in [0.05, 0.1) is 13.2 Å². The molecule has 1 aliphatic rings. The molecule has 0 unspecified atom stereocenters. The molecule has 0 aliphatic carbocycles. The van der Waals surface area contributed by atoms with Gasteiger partial charge in [-0.1, -0.05) is 29.8 Å². The fourth-order valence-electron chi connectivity index (χ4n) is 4.27. The van der Waals surface area contributed by atoms with Gasteiger partial charge in [-0.05, 0) is 52.0 Å². The van der Waals surface area contributed by atoms with Gasteiger partial charge in [0.1, 0.15) is 18.1 Å². The zero-order valence-electron chi connectivity index (χ0n) is 22.8. The number of benzene rings is 1. The van der Waals surface area contributed by atoms with E-state index in [0.29, 0.717) is 43.6 Å². The summed E-state index contributed by atoms with van der Waals surface area (Å²) in [6, 6.07) is 10.4. The molecule has 204 valence electrons. The lowest BCUT2D eigenvalue weighted by molar-refractivity contribution is -0.143. The van der Waals surface area contributed by atoms with E-state index in [1.54, 1.807) is 17.0 Å². The van der Waals surface area contributed by atoms with Crippen molar-refractivity contribution in [2.45, 2.75) is 52.7 Å². The molecule has 0 radical (unpaired) electrons. The van der Waals surface area contributed by atoms with Crippen LogP contribution in [0, 0.1) is 13.8 Å². The number of morpholine rings is 1. The zero-order chi connectivity index (χ0) is 27.3. The molecule has 0 spiro atoms. The maximum absolute atomic E-state index is 13.8. The van der Waals surface area contributed by atoms with E-state index in [-0.39, 0.29) is 18.4 Å². The van der Waals surface area contributed by atoms with Crippen molar-refractivity contribution in [1.82, 2.24) is 35.3 Å². The third-order valence-electron chi connectivity index (χ3n) is 6.21. The van der Waals surface area contributed by atoms with Gasteiger partial charge in [0.2, 0.25) is 11.7 Å². The van der Waals surface area contributed by atoms with E-state index in [1.807, 2.05) is 58.9 Å². The highest BCUT2D eigenvalue weighted by molar-refractivity contribution is 5.88. The number of tetrazole rings is 1. The number of carbonyl (C=O) groups excluding carboxylic acids is 2. The third kappa shape index (κ3) is 7.26. The Balaban J connectivity index is 1.60. The second kappa shape index (κ2) is 11.9. The van der Waals surface area contributed by atoms with Crippen molar-refractivity contribution in [3.05, 3.63) is 53.5 Å². The summed E-state index contributed by atoms with van der Waals surface area (Å²) >= 11 is 0. The standard InChI is InChI=1S/C27H37N7O4/c1-19-6-9-21(10-7-19)25-29-31-34(30-25)18-23(35)33(13-12-32-14-16-37-17-15-32)24(22-11-8-20(2)38-22)26(36)28-27(3,4)5/h6-11,24H,12-18H2,1-5H3,(H,28,36)/t24-/m1/s1. The molecule has 3 aromatic rings. The van der Waals surface area contributed by atoms with Gasteiger partial charge in [-0.25, -0.2) is 0 Å². The Morgan fingerprint density at radius 3 is 2.42 bits per heavy atom. The summed E-state index contributed by atoms with van der Waals surface area (Å²) in [7, 11) is 0. The quantitative estimate of drug-likeness (QED) is 0.454. The molecule has 2 amide bonds. The van der Waals surface area contributed by atoms with E-state index in [9.17, 15) is 9.59 Å². The van der Waals surface area contributed by atoms with Crippen molar-refractivity contribution in [2.75, 3.05) is 39.4 Å². The van der Waals surface area contributed by atoms with Gasteiger partial charge in [0.25, 0.3) is 5.91 Å². The molecule has 11 nitrogen and oxygen atoms in total. The molecule has 1 aliphatic heterocycles. The average Bonchev–Trinajstić information content (AvgIpc) is 3.50. The van der Waals surface area contributed by atoms with Gasteiger partial charge in [-0.3, -0.25) is 14.5 Å². The highest BCUT2D eigenvalue weighted by Crippen LogP contribution is 2.25. The molecule has 1 atom stereocenters. The number of aromatic nitrogens is 4. The average molecular weight is 524 g/mol. The van der Waals surface area contributed by atoms with Crippen LogP contribution in [0.4, 0.5) is 0 Å². The Labute approximate surface area is 223 Å². The van der Waals surface area contributed by atoms with Crippen LogP contribution in [0.25, 0.3) is 11.4 Å². The Morgan fingerprint density at radius 1 is 1.08 bits per heavy atom. The molecule has 3 heterocycles. The molecule has 2 aromatic heterocycles. The number of nitrogens with zero attached hydrogens (tertiary/aromatic N) is 6. The maximum atomic E-state index is 13.8. The van der Waals surface area contributed by atoms with Crippen LogP contribution in [-0.4, -0.2) is 86.8 Å². The highest BCUT2D eigenvalue weighted by Gasteiger charge is 2.36. The number of hydrogen-bond donors (Lipinski definition) is 1. The normalized spacial score (nSPS) is 15.3. The van der Waals surface area contributed by atoms with E-state index >= 15 is 0 Å². The number of carbonyl (C=O) groups is 2. The van der Waals surface area contributed by atoms with E-state index in [0.717, 1.165) is 24.2 Å². The first-order valence-corrected chi connectivity index (χ1v) is 12.9. The summed E-state index contributed by atoms with van der Waals surface area (Å²) in [5.74, 6) is 0.881. The summed E-state index contributed by atoms with van der Waals surface area (Å²) in [5, 5.41) is 15.7. The lowest BCUT2D eigenvalue weighted by Gasteiger charge is -2.34. The van der Waals surface area contributed by atoms with Crippen LogP contribution >= 0.6 is 0 Å². The Hall–Kier alpha value is -3.57. The van der Waals surface area contributed by atoms with Gasteiger partial charge in [0, 0.05) is 37.3 Å². The van der Waals surface area contributed by atoms with Gasteiger partial charge < -0.3 is 19.4 Å². The lowest BCUT2D eigenvalue weighted by atomic mass is 10.1. The van der Waals surface area contributed by atoms with Crippen LogP contribution in [-0.2, 0) is 20.9 Å². The van der Waals surface area contributed by atoms with Crippen LogP contribution < -0.4 is 5.32 Å². The number of nitrogens with one attached hydrogen (secondary N) is 1. The largest absolute Gasteiger partial charge is 0.464 e. The van der Waals surface area contributed by atoms with Crippen LogP contribution in [0.2, 0.25) is 0 Å². The first-order valence-electron chi connectivity index (χ1n) is 12.9. The fourth-order valence-corrected chi connectivity index (χ4v) is 4.27.